The highest BCUT2D eigenvalue weighted by Crippen LogP contribution is 2.20. The van der Waals surface area contributed by atoms with Gasteiger partial charge in [0.15, 0.2) is 5.11 Å². The molecule has 0 atom stereocenters. The largest absolute Gasteiger partial charge is 0.331 e. The minimum absolute atomic E-state index is 0.158. The van der Waals surface area contributed by atoms with Crippen molar-refractivity contribution in [3.63, 3.8) is 0 Å². The van der Waals surface area contributed by atoms with Gasteiger partial charge in [-0.25, -0.2) is 0 Å². The van der Waals surface area contributed by atoms with Gasteiger partial charge in [0, 0.05) is 0 Å². The number of hydrogen-bond acceptors (Lipinski definition) is 2. The van der Waals surface area contributed by atoms with Crippen molar-refractivity contribution in [2.45, 2.75) is 13.3 Å². The summed E-state index contributed by atoms with van der Waals surface area (Å²) in [5, 5.41) is 6.35. The lowest BCUT2D eigenvalue weighted by Crippen LogP contribution is -2.35. The number of benzene rings is 2. The molecule has 0 heterocycles. The summed E-state index contributed by atoms with van der Waals surface area (Å²) < 4.78 is 0. The number of carbonyl (C=O) groups is 1. The van der Waals surface area contributed by atoms with E-state index in [2.05, 4.69) is 10.6 Å². The van der Waals surface area contributed by atoms with Gasteiger partial charge in [0.2, 0.25) is 5.91 Å². The van der Waals surface area contributed by atoms with E-state index < -0.39 is 0 Å². The normalized spacial score (nSPS) is 10.0. The van der Waals surface area contributed by atoms with E-state index in [-0.39, 0.29) is 17.4 Å². The standard InChI is InChI=1S/C16H15ClN2OS/c1-11-6-2-3-7-12(11)10-15(20)19-16(21)18-14-9-5-4-8-13(14)17/h2-9H,10H2,1H3,(H2,18,19,20,21). The molecule has 0 aromatic heterocycles. The second-order valence-corrected chi connectivity index (χ2v) is 5.40. The van der Waals surface area contributed by atoms with Gasteiger partial charge in [0.25, 0.3) is 0 Å². The topological polar surface area (TPSA) is 41.1 Å². The van der Waals surface area contributed by atoms with E-state index in [0.717, 1.165) is 11.1 Å². The zero-order valence-electron chi connectivity index (χ0n) is 11.5. The van der Waals surface area contributed by atoms with Crippen molar-refractivity contribution in [1.82, 2.24) is 5.32 Å². The van der Waals surface area contributed by atoms with Crippen molar-refractivity contribution < 1.29 is 4.79 Å². The molecule has 0 saturated heterocycles. The van der Waals surface area contributed by atoms with E-state index in [9.17, 15) is 4.79 Å². The van der Waals surface area contributed by atoms with Gasteiger partial charge in [-0.05, 0) is 42.4 Å². The Morgan fingerprint density at radius 2 is 1.81 bits per heavy atom. The van der Waals surface area contributed by atoms with Crippen LogP contribution in [-0.2, 0) is 11.2 Å². The van der Waals surface area contributed by atoms with Crippen LogP contribution in [-0.4, -0.2) is 11.0 Å². The molecule has 0 aliphatic rings. The quantitative estimate of drug-likeness (QED) is 0.848. The van der Waals surface area contributed by atoms with Gasteiger partial charge in [0.05, 0.1) is 17.1 Å². The third kappa shape index (κ3) is 4.55. The average molecular weight is 319 g/mol. The Morgan fingerprint density at radius 1 is 1.14 bits per heavy atom. The summed E-state index contributed by atoms with van der Waals surface area (Å²) >= 11 is 11.1. The zero-order valence-corrected chi connectivity index (χ0v) is 13.1. The van der Waals surface area contributed by atoms with Crippen molar-refractivity contribution in [2.75, 3.05) is 5.32 Å². The maximum Gasteiger partial charge on any atom is 0.230 e. The lowest BCUT2D eigenvalue weighted by atomic mass is 10.1. The number of amides is 1. The number of carbonyl (C=O) groups excluding carboxylic acids is 1. The summed E-state index contributed by atoms with van der Waals surface area (Å²) in [7, 11) is 0. The van der Waals surface area contributed by atoms with Crippen molar-refractivity contribution in [1.29, 1.82) is 0 Å². The minimum atomic E-state index is -0.158. The fourth-order valence-corrected chi connectivity index (χ4v) is 2.28. The lowest BCUT2D eigenvalue weighted by molar-refractivity contribution is -0.119. The lowest BCUT2D eigenvalue weighted by Gasteiger charge is -2.11. The number of aryl methyl sites for hydroxylation is 1. The predicted octanol–water partition coefficient (Wildman–Crippen LogP) is 3.70. The number of nitrogens with one attached hydrogen (secondary N) is 2. The number of anilines is 1. The molecule has 0 saturated carbocycles. The molecule has 2 aromatic rings. The number of thiocarbonyl (C=S) groups is 1. The summed E-state index contributed by atoms with van der Waals surface area (Å²) in [5.74, 6) is -0.158. The van der Waals surface area contributed by atoms with Crippen LogP contribution in [0.4, 0.5) is 5.69 Å². The van der Waals surface area contributed by atoms with Crippen LogP contribution in [0, 0.1) is 6.92 Å². The van der Waals surface area contributed by atoms with Crippen LogP contribution >= 0.6 is 23.8 Å². The van der Waals surface area contributed by atoms with Gasteiger partial charge >= 0.3 is 0 Å². The average Bonchev–Trinajstić information content (AvgIpc) is 2.44. The van der Waals surface area contributed by atoms with E-state index in [1.54, 1.807) is 12.1 Å². The molecule has 2 rings (SSSR count). The van der Waals surface area contributed by atoms with Crippen LogP contribution in [0.1, 0.15) is 11.1 Å². The second-order valence-electron chi connectivity index (χ2n) is 4.59. The summed E-state index contributed by atoms with van der Waals surface area (Å²) in [5.41, 5.74) is 2.73. The van der Waals surface area contributed by atoms with E-state index in [1.807, 2.05) is 43.3 Å². The fourth-order valence-electron chi connectivity index (χ4n) is 1.87. The molecule has 21 heavy (non-hydrogen) atoms. The molecular weight excluding hydrogens is 304 g/mol. The van der Waals surface area contributed by atoms with Crippen molar-refractivity contribution in [3.05, 3.63) is 64.7 Å². The molecule has 0 aliphatic heterocycles. The predicted molar refractivity (Wildman–Crippen MR) is 90.7 cm³/mol. The number of rotatable bonds is 3. The Morgan fingerprint density at radius 3 is 2.52 bits per heavy atom. The molecule has 1 amide bonds. The third-order valence-electron chi connectivity index (χ3n) is 2.99. The fraction of sp³-hybridized carbons (Fsp3) is 0.125. The molecule has 0 spiro atoms. The SMILES string of the molecule is Cc1ccccc1CC(=O)NC(=S)Nc1ccccc1Cl. The molecule has 3 nitrogen and oxygen atoms in total. The highest BCUT2D eigenvalue weighted by atomic mass is 35.5. The summed E-state index contributed by atoms with van der Waals surface area (Å²) in [4.78, 5) is 12.0. The van der Waals surface area contributed by atoms with Gasteiger partial charge < -0.3 is 10.6 Å². The van der Waals surface area contributed by atoms with E-state index in [4.69, 9.17) is 23.8 Å². The first-order valence-electron chi connectivity index (χ1n) is 6.46. The van der Waals surface area contributed by atoms with Crippen molar-refractivity contribution >= 4 is 40.5 Å². The Balaban J connectivity index is 1.93. The molecule has 5 heteroatoms. The highest BCUT2D eigenvalue weighted by Gasteiger charge is 2.08. The monoisotopic (exact) mass is 318 g/mol. The Hall–Kier alpha value is -1.91. The van der Waals surface area contributed by atoms with E-state index in [1.165, 1.54) is 0 Å². The van der Waals surface area contributed by atoms with Crippen molar-refractivity contribution in [3.8, 4) is 0 Å². The number of halogens is 1. The van der Waals surface area contributed by atoms with Crippen molar-refractivity contribution in [2.24, 2.45) is 0 Å². The first-order chi connectivity index (χ1) is 10.1. The van der Waals surface area contributed by atoms with Crippen LogP contribution in [0.5, 0.6) is 0 Å². The molecule has 2 N–H and O–H groups in total. The first kappa shape index (κ1) is 15.5. The highest BCUT2D eigenvalue weighted by molar-refractivity contribution is 7.80. The van der Waals surface area contributed by atoms with E-state index >= 15 is 0 Å². The summed E-state index contributed by atoms with van der Waals surface area (Å²) in [6, 6.07) is 15.0. The van der Waals surface area contributed by atoms with Crippen LogP contribution < -0.4 is 10.6 Å². The summed E-state index contributed by atoms with van der Waals surface area (Å²) in [6.07, 6.45) is 0.289. The Bertz CT molecular complexity index is 615. The molecule has 0 aliphatic carbocycles. The van der Waals surface area contributed by atoms with Crippen LogP contribution in [0.25, 0.3) is 0 Å². The zero-order chi connectivity index (χ0) is 15.2. The van der Waals surface area contributed by atoms with Gasteiger partial charge in [-0.2, -0.15) is 0 Å². The van der Waals surface area contributed by atoms with Crippen LogP contribution in [0.2, 0.25) is 5.02 Å². The van der Waals surface area contributed by atoms with Gasteiger partial charge in [-0.15, -0.1) is 0 Å². The maximum absolute atomic E-state index is 12.0. The Kier molecular flexibility index (Phi) is 5.31. The second kappa shape index (κ2) is 7.20. The molecular formula is C16H15ClN2OS. The maximum atomic E-state index is 12.0. The third-order valence-corrected chi connectivity index (χ3v) is 3.52. The molecule has 0 unspecified atom stereocenters. The van der Waals surface area contributed by atoms with E-state index in [0.29, 0.717) is 10.7 Å². The molecule has 0 bridgehead atoms. The van der Waals surface area contributed by atoms with Crippen LogP contribution in [0.15, 0.2) is 48.5 Å². The van der Waals surface area contributed by atoms with Gasteiger partial charge in [-0.3, -0.25) is 4.79 Å². The van der Waals surface area contributed by atoms with Gasteiger partial charge in [0.1, 0.15) is 0 Å². The molecule has 108 valence electrons. The van der Waals surface area contributed by atoms with Gasteiger partial charge in [-0.1, -0.05) is 48.0 Å². The molecule has 0 radical (unpaired) electrons. The first-order valence-corrected chi connectivity index (χ1v) is 7.25. The summed E-state index contributed by atoms with van der Waals surface area (Å²) in [6.45, 7) is 1.98. The smallest absolute Gasteiger partial charge is 0.230 e. The molecule has 2 aromatic carbocycles. The van der Waals surface area contributed by atoms with Crippen LogP contribution in [0.3, 0.4) is 0 Å². The Labute approximate surface area is 134 Å². The number of hydrogen-bond donors (Lipinski definition) is 2. The minimum Gasteiger partial charge on any atom is -0.331 e. The number of para-hydroxylation sites is 1. The molecule has 0 fully saturated rings.